The minimum atomic E-state index is -2.37. The third kappa shape index (κ3) is 6.50. The van der Waals surface area contributed by atoms with Crippen molar-refractivity contribution >= 4 is 22.6 Å². The molecule has 0 fully saturated rings. The largest absolute Gasteiger partial charge is 0.442 e. The maximum absolute atomic E-state index is 11.7. The van der Waals surface area contributed by atoms with Gasteiger partial charge < -0.3 is 4.74 Å². The summed E-state index contributed by atoms with van der Waals surface area (Å²) in [4.78, 5) is 19.8. The lowest BCUT2D eigenvalue weighted by Gasteiger charge is -2.23. The highest BCUT2D eigenvalue weighted by Gasteiger charge is 2.22. The number of carbonyl (C=O) groups excluding carboxylic acids is 1. The Morgan fingerprint density at radius 1 is 1.33 bits per heavy atom. The van der Waals surface area contributed by atoms with Crippen LogP contribution in [0, 0.1) is 0 Å². The molecule has 0 saturated carbocycles. The number of rotatable bonds is 5. The van der Waals surface area contributed by atoms with Crippen molar-refractivity contribution in [3.05, 3.63) is 18.1 Å². The fourth-order valence-corrected chi connectivity index (χ4v) is 1.81. The zero-order valence-electron chi connectivity index (χ0n) is 12.3. The molecule has 8 nitrogen and oxygen atoms in total. The van der Waals surface area contributed by atoms with Gasteiger partial charge in [0.1, 0.15) is 16.3 Å². The van der Waals surface area contributed by atoms with Crippen molar-refractivity contribution in [2.45, 2.75) is 39.2 Å². The van der Waals surface area contributed by atoms with Crippen molar-refractivity contribution in [3.8, 4) is 0 Å². The van der Waals surface area contributed by atoms with Crippen LogP contribution in [0.3, 0.4) is 0 Å². The van der Waals surface area contributed by atoms with Crippen LogP contribution in [0.25, 0.3) is 0 Å². The van der Waals surface area contributed by atoms with Crippen molar-refractivity contribution in [2.75, 3.05) is 10.8 Å². The van der Waals surface area contributed by atoms with Gasteiger partial charge in [-0.05, 0) is 33.6 Å². The van der Waals surface area contributed by atoms with E-state index in [0.29, 0.717) is 18.5 Å². The van der Waals surface area contributed by atoms with Gasteiger partial charge in [0, 0.05) is 5.75 Å². The number of aryl methyl sites for hydroxylation is 1. The molecule has 0 saturated heterocycles. The minimum Gasteiger partial charge on any atom is -0.442 e. The maximum Gasteiger partial charge on any atom is 0.430 e. The van der Waals surface area contributed by atoms with Gasteiger partial charge in [-0.1, -0.05) is 0 Å². The quantitative estimate of drug-likeness (QED) is 0.354. The fraction of sp³-hybridized carbons (Fsp3) is 0.583. The summed E-state index contributed by atoms with van der Waals surface area (Å²) >= 11 is 0. The van der Waals surface area contributed by atoms with Gasteiger partial charge in [0.25, 0.3) is 0 Å². The number of aromatic nitrogens is 2. The Kier molecular flexibility index (Phi) is 6.03. The number of hydrogen-bond donors (Lipinski definition) is 2. The minimum absolute atomic E-state index is 0.111. The van der Waals surface area contributed by atoms with Crippen LogP contribution in [0.4, 0.5) is 10.6 Å². The van der Waals surface area contributed by atoms with E-state index in [9.17, 15) is 13.2 Å². The van der Waals surface area contributed by atoms with Gasteiger partial charge in [0.05, 0.1) is 18.1 Å². The monoisotopic (exact) mass is 316 g/mol. The van der Waals surface area contributed by atoms with Crippen LogP contribution in [0.1, 0.15) is 32.9 Å². The van der Waals surface area contributed by atoms with E-state index in [0.717, 1.165) is 5.01 Å². The number of carbonyl (C=O) groups is 1. The summed E-state index contributed by atoms with van der Waals surface area (Å²) in [6.07, 6.45) is 3.04. The topological polar surface area (TPSA) is 115 Å². The van der Waals surface area contributed by atoms with Crippen LogP contribution < -0.4 is 10.9 Å². The van der Waals surface area contributed by atoms with E-state index in [4.69, 9.17) is 10.6 Å². The summed E-state index contributed by atoms with van der Waals surface area (Å²) < 4.78 is 26.0. The number of amides is 1. The fourth-order valence-electron chi connectivity index (χ4n) is 1.40. The van der Waals surface area contributed by atoms with Crippen LogP contribution in [0.2, 0.25) is 0 Å². The Balaban J connectivity index is 2.62. The van der Waals surface area contributed by atoms with Crippen molar-refractivity contribution in [1.82, 2.24) is 9.97 Å². The summed E-state index contributed by atoms with van der Waals surface area (Å²) in [5.41, 5.74) is -0.0231. The molecule has 1 amide bonds. The second-order valence-electron chi connectivity index (χ2n) is 5.38. The molecule has 0 aliphatic rings. The van der Waals surface area contributed by atoms with Gasteiger partial charge in [-0.2, -0.15) is 5.01 Å². The molecule has 1 heterocycles. The summed E-state index contributed by atoms with van der Waals surface area (Å²) in [5, 5.41) is 0.774. The Bertz CT molecular complexity index is 543. The average molecular weight is 316 g/mol. The molecule has 118 valence electrons. The molecule has 1 aromatic heterocycles. The molecule has 1 aromatic rings. The number of hydrazine groups is 1. The van der Waals surface area contributed by atoms with E-state index in [-0.39, 0.29) is 11.6 Å². The van der Waals surface area contributed by atoms with Crippen molar-refractivity contribution in [2.24, 2.45) is 5.84 Å². The van der Waals surface area contributed by atoms with Crippen molar-refractivity contribution < 1.29 is 17.9 Å². The van der Waals surface area contributed by atoms with Crippen molar-refractivity contribution in [3.63, 3.8) is 0 Å². The van der Waals surface area contributed by atoms with Crippen molar-refractivity contribution in [1.29, 1.82) is 0 Å². The molecule has 0 aromatic carbocycles. The second-order valence-corrected chi connectivity index (χ2v) is 6.49. The molecule has 2 N–H and O–H groups in total. The van der Waals surface area contributed by atoms with Gasteiger partial charge in [0.2, 0.25) is 0 Å². The molecule has 0 aliphatic carbocycles. The molecule has 9 heteroatoms. The zero-order chi connectivity index (χ0) is 16.0. The lowest BCUT2D eigenvalue weighted by Crippen LogP contribution is -2.42. The van der Waals surface area contributed by atoms with E-state index >= 15 is 0 Å². The normalized spacial score (nSPS) is 11.5. The third-order valence-electron chi connectivity index (χ3n) is 2.30. The Hall–Kier alpha value is -1.74. The highest BCUT2D eigenvalue weighted by atomic mass is 32.2. The SMILES string of the molecule is CC(C)(C)OC(=O)N(N)c1cnc(CCC[SH](=O)=O)cn1. The van der Waals surface area contributed by atoms with Gasteiger partial charge in [-0.15, -0.1) is 0 Å². The first-order valence-corrected chi connectivity index (χ1v) is 7.76. The third-order valence-corrected chi connectivity index (χ3v) is 2.98. The Morgan fingerprint density at radius 3 is 2.48 bits per heavy atom. The van der Waals surface area contributed by atoms with Gasteiger partial charge in [0.15, 0.2) is 5.82 Å². The number of thiol groups is 1. The Morgan fingerprint density at radius 2 is 2.00 bits per heavy atom. The molecule has 0 aliphatic heterocycles. The molecule has 0 unspecified atom stereocenters. The summed E-state index contributed by atoms with van der Waals surface area (Å²) in [7, 11) is -2.37. The van der Waals surface area contributed by atoms with Gasteiger partial charge in [-0.25, -0.2) is 24.0 Å². The highest BCUT2D eigenvalue weighted by molar-refractivity contribution is 7.72. The molecular weight excluding hydrogens is 296 g/mol. The van der Waals surface area contributed by atoms with Crippen LogP contribution >= 0.6 is 0 Å². The van der Waals surface area contributed by atoms with Gasteiger partial charge >= 0.3 is 6.09 Å². The average Bonchev–Trinajstić information content (AvgIpc) is 2.36. The first-order chi connectivity index (χ1) is 9.69. The molecule has 0 spiro atoms. The molecule has 0 bridgehead atoms. The molecule has 1 rings (SSSR count). The van der Waals surface area contributed by atoms with Crippen LogP contribution in [-0.2, 0) is 21.9 Å². The van der Waals surface area contributed by atoms with E-state index in [1.807, 2.05) is 0 Å². The first-order valence-electron chi connectivity index (χ1n) is 6.39. The van der Waals surface area contributed by atoms with Gasteiger partial charge in [-0.3, -0.25) is 4.98 Å². The lowest BCUT2D eigenvalue weighted by molar-refractivity contribution is 0.0578. The Labute approximate surface area is 125 Å². The predicted octanol–water partition coefficient (Wildman–Crippen LogP) is 0.636. The number of anilines is 1. The number of nitrogens with two attached hydrogens (primary N) is 1. The standard InChI is InChI=1S/C12H20N4O4S/c1-12(2,3)20-11(17)16(13)10-8-14-9(7-15-10)5-4-6-21(18)19/h7-8,21H,4-6,13H2,1-3H3. The summed E-state index contributed by atoms with van der Waals surface area (Å²) in [6.45, 7) is 5.19. The first kappa shape index (κ1) is 17.3. The zero-order valence-corrected chi connectivity index (χ0v) is 13.2. The predicted molar refractivity (Wildman–Crippen MR) is 78.4 cm³/mol. The smallest absolute Gasteiger partial charge is 0.430 e. The van der Waals surface area contributed by atoms with E-state index in [2.05, 4.69) is 9.97 Å². The summed E-state index contributed by atoms with van der Waals surface area (Å²) in [6, 6.07) is 0. The summed E-state index contributed by atoms with van der Waals surface area (Å²) in [5.74, 6) is 5.88. The molecule has 0 radical (unpaired) electrons. The van der Waals surface area contributed by atoms with Crippen LogP contribution in [0.5, 0.6) is 0 Å². The second kappa shape index (κ2) is 7.32. The van der Waals surface area contributed by atoms with E-state index < -0.39 is 22.4 Å². The van der Waals surface area contributed by atoms with E-state index in [1.54, 1.807) is 20.8 Å². The number of hydrogen-bond acceptors (Lipinski definition) is 7. The molecule has 0 atom stereocenters. The van der Waals surface area contributed by atoms with Crippen LogP contribution in [0.15, 0.2) is 12.4 Å². The maximum atomic E-state index is 11.7. The lowest BCUT2D eigenvalue weighted by atomic mass is 10.2. The number of ether oxygens (including phenoxy) is 1. The highest BCUT2D eigenvalue weighted by Crippen LogP contribution is 2.12. The van der Waals surface area contributed by atoms with E-state index in [1.165, 1.54) is 12.4 Å². The number of nitrogens with zero attached hydrogens (tertiary/aromatic N) is 3. The van der Waals surface area contributed by atoms with Crippen LogP contribution in [-0.4, -0.2) is 35.8 Å². The molecule has 21 heavy (non-hydrogen) atoms. The molecular formula is C12H20N4O4S.